The van der Waals surface area contributed by atoms with Gasteiger partial charge < -0.3 is 4.74 Å². The van der Waals surface area contributed by atoms with Gasteiger partial charge in [0.1, 0.15) is 6.61 Å². The smallest absolute Gasteiger partial charge is 0.217 e. The molecule has 0 saturated carbocycles. The van der Waals surface area contributed by atoms with Crippen molar-refractivity contribution in [2.24, 2.45) is 4.99 Å². The molecule has 0 radical (unpaired) electrons. The van der Waals surface area contributed by atoms with Crippen molar-refractivity contribution in [1.82, 2.24) is 0 Å². The van der Waals surface area contributed by atoms with E-state index in [9.17, 15) is 0 Å². The number of aliphatic imine (C=N–C) groups is 1. The summed E-state index contributed by atoms with van der Waals surface area (Å²) < 4.78 is 5.79. The third kappa shape index (κ3) is 2.75. The molecule has 2 nitrogen and oxygen atoms in total. The Morgan fingerprint density at radius 1 is 1.05 bits per heavy atom. The van der Waals surface area contributed by atoms with Crippen LogP contribution in [-0.2, 0) is 4.74 Å². The monoisotopic (exact) mass is 277 g/mol. The van der Waals surface area contributed by atoms with E-state index in [1.165, 1.54) is 0 Å². The van der Waals surface area contributed by atoms with E-state index < -0.39 is 0 Å². The second kappa shape index (κ2) is 5.21. The van der Waals surface area contributed by atoms with Crippen molar-refractivity contribution in [1.29, 1.82) is 0 Å². The van der Waals surface area contributed by atoms with Gasteiger partial charge in [-0.05, 0) is 36.6 Å². The minimum atomic E-state index is -0.156. The zero-order valence-electron chi connectivity index (χ0n) is 12.5. The molecule has 1 aliphatic heterocycles. The van der Waals surface area contributed by atoms with Crippen LogP contribution in [0.15, 0.2) is 66.2 Å². The lowest BCUT2D eigenvalue weighted by molar-refractivity contribution is 0.279. The highest BCUT2D eigenvalue weighted by atomic mass is 16.5. The Balaban J connectivity index is 2.04. The van der Waals surface area contributed by atoms with Crippen molar-refractivity contribution in [2.45, 2.75) is 19.4 Å². The molecule has 0 amide bonds. The fourth-order valence-corrected chi connectivity index (χ4v) is 2.45. The molecule has 1 heterocycles. The molecule has 0 N–H and O–H groups in total. The minimum Gasteiger partial charge on any atom is -0.475 e. The molecule has 0 unspecified atom stereocenters. The Labute approximate surface area is 125 Å². The van der Waals surface area contributed by atoms with Gasteiger partial charge in [0.05, 0.1) is 5.54 Å². The average molecular weight is 277 g/mol. The molecular weight excluding hydrogens is 258 g/mol. The summed E-state index contributed by atoms with van der Waals surface area (Å²) in [5, 5.41) is 0. The zero-order valence-corrected chi connectivity index (χ0v) is 12.5. The molecule has 0 bridgehead atoms. The van der Waals surface area contributed by atoms with Crippen LogP contribution in [0.25, 0.3) is 5.57 Å². The number of benzene rings is 2. The van der Waals surface area contributed by atoms with Gasteiger partial charge >= 0.3 is 0 Å². The summed E-state index contributed by atoms with van der Waals surface area (Å²) in [4.78, 5) is 4.68. The highest BCUT2D eigenvalue weighted by molar-refractivity contribution is 6.01. The van der Waals surface area contributed by atoms with E-state index in [0.29, 0.717) is 12.5 Å². The molecule has 0 atom stereocenters. The van der Waals surface area contributed by atoms with Gasteiger partial charge in [0.25, 0.3) is 0 Å². The van der Waals surface area contributed by atoms with Gasteiger partial charge in [0.15, 0.2) is 0 Å². The highest BCUT2D eigenvalue weighted by Crippen LogP contribution is 2.28. The topological polar surface area (TPSA) is 21.6 Å². The van der Waals surface area contributed by atoms with Gasteiger partial charge in [-0.1, -0.05) is 55.1 Å². The van der Waals surface area contributed by atoms with Gasteiger partial charge in [-0.15, -0.1) is 0 Å². The molecular formula is C19H19NO. The SMILES string of the molecule is C=C(c1ccccc1)c1ccccc1C1=NC(C)(C)CO1. The van der Waals surface area contributed by atoms with Crippen molar-refractivity contribution in [3.63, 3.8) is 0 Å². The Morgan fingerprint density at radius 2 is 1.71 bits per heavy atom. The van der Waals surface area contributed by atoms with E-state index in [4.69, 9.17) is 4.74 Å². The first-order chi connectivity index (χ1) is 10.1. The van der Waals surface area contributed by atoms with Crippen molar-refractivity contribution in [3.8, 4) is 0 Å². The maximum Gasteiger partial charge on any atom is 0.217 e. The van der Waals surface area contributed by atoms with E-state index >= 15 is 0 Å². The van der Waals surface area contributed by atoms with Gasteiger partial charge in [0, 0.05) is 5.56 Å². The molecule has 2 heteroatoms. The summed E-state index contributed by atoms with van der Waals surface area (Å²) in [6.45, 7) is 9.03. The van der Waals surface area contributed by atoms with Crippen LogP contribution in [0.4, 0.5) is 0 Å². The zero-order chi connectivity index (χ0) is 14.9. The normalized spacial score (nSPS) is 16.2. The fourth-order valence-electron chi connectivity index (χ4n) is 2.45. The predicted octanol–water partition coefficient (Wildman–Crippen LogP) is 4.30. The first-order valence-corrected chi connectivity index (χ1v) is 7.14. The molecule has 3 rings (SSSR count). The molecule has 1 aliphatic rings. The van der Waals surface area contributed by atoms with Crippen LogP contribution < -0.4 is 0 Å². The van der Waals surface area contributed by atoms with E-state index in [1.807, 2.05) is 36.4 Å². The maximum atomic E-state index is 5.79. The lowest BCUT2D eigenvalue weighted by Crippen LogP contribution is -2.17. The summed E-state index contributed by atoms with van der Waals surface area (Å²) in [6.07, 6.45) is 0. The van der Waals surface area contributed by atoms with Crippen LogP contribution in [0.5, 0.6) is 0 Å². The highest BCUT2D eigenvalue weighted by Gasteiger charge is 2.28. The van der Waals surface area contributed by atoms with Crippen LogP contribution in [0.2, 0.25) is 0 Å². The number of hydrogen-bond acceptors (Lipinski definition) is 2. The Morgan fingerprint density at radius 3 is 2.38 bits per heavy atom. The van der Waals surface area contributed by atoms with Crippen LogP contribution in [0.1, 0.15) is 30.5 Å². The van der Waals surface area contributed by atoms with E-state index in [-0.39, 0.29) is 5.54 Å². The predicted molar refractivity (Wildman–Crippen MR) is 87.6 cm³/mol. The van der Waals surface area contributed by atoms with Gasteiger partial charge in [-0.3, -0.25) is 0 Å². The van der Waals surface area contributed by atoms with Crippen molar-refractivity contribution < 1.29 is 4.74 Å². The number of ether oxygens (including phenoxy) is 1. The lowest BCUT2D eigenvalue weighted by Gasteiger charge is -2.12. The molecule has 2 aromatic rings. The van der Waals surface area contributed by atoms with E-state index in [2.05, 4.69) is 43.6 Å². The van der Waals surface area contributed by atoms with Crippen LogP contribution in [-0.4, -0.2) is 18.0 Å². The Hall–Kier alpha value is -2.35. The maximum absolute atomic E-state index is 5.79. The second-order valence-corrected chi connectivity index (χ2v) is 5.91. The Bertz CT molecular complexity index is 699. The van der Waals surface area contributed by atoms with Crippen molar-refractivity contribution >= 4 is 11.5 Å². The summed E-state index contributed by atoms with van der Waals surface area (Å²) >= 11 is 0. The van der Waals surface area contributed by atoms with Gasteiger partial charge in [-0.25, -0.2) is 4.99 Å². The van der Waals surface area contributed by atoms with Gasteiger partial charge in [-0.2, -0.15) is 0 Å². The number of hydrogen-bond donors (Lipinski definition) is 0. The Kier molecular flexibility index (Phi) is 3.38. The lowest BCUT2D eigenvalue weighted by atomic mass is 9.95. The number of nitrogens with zero attached hydrogens (tertiary/aromatic N) is 1. The molecule has 0 aliphatic carbocycles. The standard InChI is InChI=1S/C19H19NO/c1-14(15-9-5-4-6-10-15)16-11-7-8-12-17(16)18-20-19(2,3)13-21-18/h4-12H,1,13H2,2-3H3. The van der Waals surface area contributed by atoms with Crippen LogP contribution >= 0.6 is 0 Å². The fraction of sp³-hybridized carbons (Fsp3) is 0.211. The van der Waals surface area contributed by atoms with Crippen molar-refractivity contribution in [2.75, 3.05) is 6.61 Å². The van der Waals surface area contributed by atoms with Crippen molar-refractivity contribution in [3.05, 3.63) is 77.9 Å². The van der Waals surface area contributed by atoms with Gasteiger partial charge in [0.2, 0.25) is 5.90 Å². The number of rotatable bonds is 3. The first kappa shape index (κ1) is 13.6. The van der Waals surface area contributed by atoms with E-state index in [0.717, 1.165) is 22.3 Å². The summed E-state index contributed by atoms with van der Waals surface area (Å²) in [5.41, 5.74) is 4.03. The third-order valence-corrected chi connectivity index (χ3v) is 3.57. The van der Waals surface area contributed by atoms with Crippen LogP contribution in [0, 0.1) is 0 Å². The average Bonchev–Trinajstić information content (AvgIpc) is 2.87. The molecule has 0 fully saturated rings. The molecule has 0 saturated heterocycles. The molecule has 0 spiro atoms. The quantitative estimate of drug-likeness (QED) is 0.819. The third-order valence-electron chi connectivity index (χ3n) is 3.57. The van der Waals surface area contributed by atoms with E-state index in [1.54, 1.807) is 0 Å². The minimum absolute atomic E-state index is 0.156. The first-order valence-electron chi connectivity index (χ1n) is 7.14. The molecule has 21 heavy (non-hydrogen) atoms. The molecule has 2 aromatic carbocycles. The molecule has 106 valence electrons. The van der Waals surface area contributed by atoms with Crippen LogP contribution in [0.3, 0.4) is 0 Å². The molecule has 0 aromatic heterocycles. The second-order valence-electron chi connectivity index (χ2n) is 5.91. The summed E-state index contributed by atoms with van der Waals surface area (Å²) in [5.74, 6) is 0.715. The largest absolute Gasteiger partial charge is 0.475 e. The summed E-state index contributed by atoms with van der Waals surface area (Å²) in [7, 11) is 0. The summed E-state index contributed by atoms with van der Waals surface area (Å²) in [6, 6.07) is 18.3.